The van der Waals surface area contributed by atoms with Gasteiger partial charge in [-0.1, -0.05) is 42.5 Å². The maximum Gasteiger partial charge on any atom is 0.412 e. The van der Waals surface area contributed by atoms with Crippen LogP contribution in [0.2, 0.25) is 0 Å². The molecular weight excluding hydrogens is 532 g/mol. The van der Waals surface area contributed by atoms with E-state index in [4.69, 9.17) is 9.47 Å². The van der Waals surface area contributed by atoms with Crippen molar-refractivity contribution in [2.24, 2.45) is 0 Å². The molecule has 42 heavy (non-hydrogen) atoms. The zero-order valence-corrected chi connectivity index (χ0v) is 24.3. The molecule has 2 bridgehead atoms. The molecule has 1 aromatic heterocycles. The Hall–Kier alpha value is -4.24. The summed E-state index contributed by atoms with van der Waals surface area (Å²) >= 11 is 0. The van der Waals surface area contributed by atoms with E-state index < -0.39 is 12.1 Å². The van der Waals surface area contributed by atoms with Gasteiger partial charge < -0.3 is 19.7 Å². The average molecular weight is 571 g/mol. The SMILES string of the molecule is CCOC(=O)c1ncc(NC(=O)CCCc2ccc(-c3ccccc3)c(NC(=O)OC34CCN(CC3)CC4)c2)cc1C. The molecule has 0 spiro atoms. The molecule has 3 fully saturated rings. The number of ether oxygens (including phenoxy) is 2. The normalized spacial score (nSPS) is 19.1. The van der Waals surface area contributed by atoms with E-state index in [1.807, 2.05) is 48.5 Å². The third kappa shape index (κ3) is 7.15. The van der Waals surface area contributed by atoms with Crippen LogP contribution in [0.5, 0.6) is 0 Å². The fourth-order valence-corrected chi connectivity index (χ4v) is 5.73. The maximum atomic E-state index is 13.1. The molecule has 0 unspecified atom stereocenters. The van der Waals surface area contributed by atoms with Crippen molar-refractivity contribution in [2.45, 2.75) is 58.0 Å². The minimum atomic E-state index is -0.479. The molecule has 0 radical (unpaired) electrons. The second-order valence-electron chi connectivity index (χ2n) is 11.0. The van der Waals surface area contributed by atoms with E-state index in [1.165, 1.54) is 6.20 Å². The number of benzene rings is 2. The van der Waals surface area contributed by atoms with Gasteiger partial charge in [0.15, 0.2) is 5.69 Å². The minimum absolute atomic E-state index is 0.138. The van der Waals surface area contributed by atoms with Crippen molar-refractivity contribution in [3.05, 3.63) is 77.6 Å². The number of fused-ring (bicyclic) bond motifs is 3. The van der Waals surface area contributed by atoms with Crippen molar-refractivity contribution in [1.82, 2.24) is 9.88 Å². The first kappa shape index (κ1) is 29.3. The number of aromatic nitrogens is 1. The number of carbonyl (C=O) groups excluding carboxylic acids is 3. The van der Waals surface area contributed by atoms with Crippen molar-refractivity contribution in [3.8, 4) is 11.1 Å². The van der Waals surface area contributed by atoms with Crippen molar-refractivity contribution in [3.63, 3.8) is 0 Å². The number of hydrogen-bond donors (Lipinski definition) is 2. The van der Waals surface area contributed by atoms with Crippen LogP contribution < -0.4 is 10.6 Å². The highest BCUT2D eigenvalue weighted by atomic mass is 16.6. The first-order chi connectivity index (χ1) is 20.3. The fourth-order valence-electron chi connectivity index (χ4n) is 5.73. The molecule has 3 aliphatic heterocycles. The number of aryl methyl sites for hydroxylation is 2. The molecule has 2 N–H and O–H groups in total. The molecular formula is C33H38N4O5. The number of rotatable bonds is 10. The van der Waals surface area contributed by atoms with Crippen LogP contribution in [-0.4, -0.2) is 59.7 Å². The molecule has 3 aromatic rings. The highest BCUT2D eigenvalue weighted by Crippen LogP contribution is 2.36. The van der Waals surface area contributed by atoms with E-state index in [0.29, 0.717) is 36.2 Å². The molecule has 220 valence electrons. The monoisotopic (exact) mass is 570 g/mol. The Balaban J connectivity index is 1.21. The van der Waals surface area contributed by atoms with Gasteiger partial charge in [0.25, 0.3) is 0 Å². The van der Waals surface area contributed by atoms with Gasteiger partial charge in [-0.25, -0.2) is 14.6 Å². The maximum absolute atomic E-state index is 13.1. The smallest absolute Gasteiger partial charge is 0.412 e. The molecule has 2 aromatic carbocycles. The van der Waals surface area contributed by atoms with Crippen molar-refractivity contribution >= 4 is 29.3 Å². The number of anilines is 2. The first-order valence-corrected chi connectivity index (χ1v) is 14.7. The Morgan fingerprint density at radius 3 is 2.40 bits per heavy atom. The lowest BCUT2D eigenvalue weighted by Gasteiger charge is -2.47. The molecule has 9 nitrogen and oxygen atoms in total. The van der Waals surface area contributed by atoms with Gasteiger partial charge in [-0.05, 0) is 55.5 Å². The highest BCUT2D eigenvalue weighted by Gasteiger charge is 2.42. The second kappa shape index (κ2) is 13.2. The summed E-state index contributed by atoms with van der Waals surface area (Å²) in [4.78, 5) is 44.3. The fraction of sp³-hybridized carbons (Fsp3) is 0.394. The lowest BCUT2D eigenvalue weighted by molar-refractivity contribution is -0.116. The van der Waals surface area contributed by atoms with Gasteiger partial charge in [0.1, 0.15) is 5.60 Å². The predicted octanol–water partition coefficient (Wildman–Crippen LogP) is 5.98. The summed E-state index contributed by atoms with van der Waals surface area (Å²) in [7, 11) is 0. The summed E-state index contributed by atoms with van der Waals surface area (Å²) in [6.45, 7) is 6.69. The number of amides is 2. The lowest BCUT2D eigenvalue weighted by atomic mass is 9.83. The van der Waals surface area contributed by atoms with Gasteiger partial charge >= 0.3 is 12.1 Å². The van der Waals surface area contributed by atoms with E-state index in [0.717, 1.165) is 55.6 Å². The topological polar surface area (TPSA) is 110 Å². The Morgan fingerprint density at radius 2 is 1.71 bits per heavy atom. The number of hydrogen-bond acceptors (Lipinski definition) is 7. The largest absolute Gasteiger partial charge is 0.461 e. The van der Waals surface area contributed by atoms with Gasteiger partial charge in [0, 0.05) is 50.9 Å². The molecule has 6 rings (SSSR count). The number of carbonyl (C=O) groups is 3. The summed E-state index contributed by atoms with van der Waals surface area (Å²) in [5.41, 5.74) is 4.66. The van der Waals surface area contributed by atoms with Crippen LogP contribution in [0.4, 0.5) is 16.2 Å². The molecule has 4 heterocycles. The Bertz CT molecular complexity index is 1420. The van der Waals surface area contributed by atoms with E-state index in [9.17, 15) is 14.4 Å². The quantitative estimate of drug-likeness (QED) is 0.289. The molecule has 2 amide bonds. The average Bonchev–Trinajstić information content (AvgIpc) is 2.98. The first-order valence-electron chi connectivity index (χ1n) is 14.7. The zero-order valence-electron chi connectivity index (χ0n) is 24.3. The minimum Gasteiger partial charge on any atom is -0.461 e. The van der Waals surface area contributed by atoms with Gasteiger partial charge in [-0.3, -0.25) is 10.1 Å². The van der Waals surface area contributed by atoms with Crippen LogP contribution in [0, 0.1) is 6.92 Å². The van der Waals surface area contributed by atoms with E-state index in [2.05, 4.69) is 20.5 Å². The summed E-state index contributed by atoms with van der Waals surface area (Å²) < 4.78 is 11.1. The van der Waals surface area contributed by atoms with Crippen LogP contribution in [0.3, 0.4) is 0 Å². The third-order valence-electron chi connectivity index (χ3n) is 8.07. The molecule has 0 saturated carbocycles. The van der Waals surface area contributed by atoms with E-state index >= 15 is 0 Å². The summed E-state index contributed by atoms with van der Waals surface area (Å²) in [5.74, 6) is -0.618. The molecule has 3 aliphatic rings. The standard InChI is InChI=1S/C33H38N4O5/c1-3-41-31(39)30-23(2)20-26(22-34-30)35-29(38)11-7-8-24-12-13-27(25-9-5-4-6-10-25)28(21-24)36-32(40)42-33-14-17-37(18-15-33)19-16-33/h4-6,9-10,12-13,20-22H,3,7-8,11,14-19H2,1-2H3,(H,35,38)(H,36,40). The van der Waals surface area contributed by atoms with Gasteiger partial charge in [0.05, 0.1) is 24.2 Å². The Kier molecular flexibility index (Phi) is 9.17. The van der Waals surface area contributed by atoms with Crippen LogP contribution in [-0.2, 0) is 20.7 Å². The summed E-state index contributed by atoms with van der Waals surface area (Å²) in [6, 6.07) is 17.7. The van der Waals surface area contributed by atoms with Crippen molar-refractivity contribution < 1.29 is 23.9 Å². The van der Waals surface area contributed by atoms with Crippen molar-refractivity contribution in [1.29, 1.82) is 0 Å². The van der Waals surface area contributed by atoms with Crippen LogP contribution >= 0.6 is 0 Å². The zero-order chi connectivity index (χ0) is 29.5. The predicted molar refractivity (Wildman–Crippen MR) is 162 cm³/mol. The molecule has 3 saturated heterocycles. The number of pyridine rings is 1. The van der Waals surface area contributed by atoms with Gasteiger partial charge in [-0.2, -0.15) is 0 Å². The molecule has 0 atom stereocenters. The number of nitrogens with zero attached hydrogens (tertiary/aromatic N) is 2. The van der Waals surface area contributed by atoms with Crippen LogP contribution in [0.1, 0.15) is 60.6 Å². The second-order valence-corrected chi connectivity index (χ2v) is 11.0. The Morgan fingerprint density at radius 1 is 0.976 bits per heavy atom. The summed E-state index contributed by atoms with van der Waals surface area (Å²) in [5, 5.41) is 5.89. The Labute approximate surface area is 246 Å². The van der Waals surface area contributed by atoms with Crippen LogP contribution in [0.25, 0.3) is 11.1 Å². The third-order valence-corrected chi connectivity index (χ3v) is 8.07. The number of esters is 1. The van der Waals surface area contributed by atoms with Gasteiger partial charge in [0.2, 0.25) is 5.91 Å². The van der Waals surface area contributed by atoms with Gasteiger partial charge in [-0.15, -0.1) is 0 Å². The van der Waals surface area contributed by atoms with Crippen molar-refractivity contribution in [2.75, 3.05) is 36.9 Å². The molecule has 9 heteroatoms. The lowest BCUT2D eigenvalue weighted by Crippen LogP contribution is -2.54. The number of piperidine rings is 3. The van der Waals surface area contributed by atoms with E-state index in [1.54, 1.807) is 19.9 Å². The summed E-state index contributed by atoms with van der Waals surface area (Å²) in [6.07, 6.45) is 5.25. The number of nitrogens with one attached hydrogen (secondary N) is 2. The highest BCUT2D eigenvalue weighted by molar-refractivity contribution is 5.93. The van der Waals surface area contributed by atoms with Crippen LogP contribution in [0.15, 0.2) is 60.8 Å². The van der Waals surface area contributed by atoms with E-state index in [-0.39, 0.29) is 23.8 Å². The molecule has 0 aliphatic carbocycles.